The minimum atomic E-state index is -0.128. The molecule has 2 aromatic rings. The van der Waals surface area contributed by atoms with Gasteiger partial charge in [0, 0.05) is 18.9 Å². The van der Waals surface area contributed by atoms with Crippen LogP contribution in [0.25, 0.3) is 0 Å². The van der Waals surface area contributed by atoms with E-state index in [0.717, 1.165) is 11.3 Å². The van der Waals surface area contributed by atoms with E-state index in [4.69, 9.17) is 0 Å². The molecule has 0 saturated heterocycles. The fraction of sp³-hybridized carbons (Fsp3) is 0.167. The molecule has 0 radical (unpaired) electrons. The van der Waals surface area contributed by atoms with E-state index in [9.17, 15) is 4.79 Å². The topological polar surface area (TPSA) is 46.9 Å². The number of benzene rings is 1. The highest BCUT2D eigenvalue weighted by Crippen LogP contribution is 2.16. The van der Waals surface area contributed by atoms with Gasteiger partial charge in [0.2, 0.25) is 0 Å². The molecule has 0 aliphatic rings. The molecule has 4 nitrogen and oxygen atoms in total. The minimum Gasteiger partial charge on any atom is -0.322 e. The lowest BCUT2D eigenvalue weighted by Gasteiger charge is -2.06. The van der Waals surface area contributed by atoms with Crippen molar-refractivity contribution < 1.29 is 4.79 Å². The normalized spacial score (nSPS) is 10.3. The summed E-state index contributed by atoms with van der Waals surface area (Å²) in [6.07, 6.45) is 1.72. The van der Waals surface area contributed by atoms with Gasteiger partial charge in [0.15, 0.2) is 0 Å². The second-order valence-corrected chi connectivity index (χ2v) is 4.80. The summed E-state index contributed by atoms with van der Waals surface area (Å²) < 4.78 is 2.34. The second-order valence-electron chi connectivity index (χ2n) is 3.78. The number of rotatable bonds is 2. The van der Waals surface area contributed by atoms with Gasteiger partial charge in [-0.3, -0.25) is 9.48 Å². The molecule has 1 aromatic carbocycles. The molecule has 0 aliphatic heterocycles. The van der Waals surface area contributed by atoms with Gasteiger partial charge >= 0.3 is 0 Å². The number of nitrogens with zero attached hydrogens (tertiary/aromatic N) is 2. The maximum Gasteiger partial charge on any atom is 0.259 e. The first-order chi connectivity index (χ1) is 8.08. The predicted octanol–water partition coefficient (Wildman–Crippen LogP) is 2.59. The number of carbonyl (C=O) groups is 1. The van der Waals surface area contributed by atoms with Crippen LogP contribution in [0.2, 0.25) is 0 Å². The molecule has 1 aromatic heterocycles. The lowest BCUT2D eigenvalue weighted by molar-refractivity contribution is 0.102. The maximum absolute atomic E-state index is 12.0. The van der Waals surface area contributed by atoms with E-state index in [1.807, 2.05) is 31.2 Å². The van der Waals surface area contributed by atoms with Gasteiger partial charge in [-0.15, -0.1) is 0 Å². The molecule has 5 heteroatoms. The molecule has 17 heavy (non-hydrogen) atoms. The minimum absolute atomic E-state index is 0.128. The highest BCUT2D eigenvalue weighted by atomic mass is 127. The summed E-state index contributed by atoms with van der Waals surface area (Å²) in [5.41, 5.74) is 2.47. The number of amides is 1. The van der Waals surface area contributed by atoms with Crippen LogP contribution < -0.4 is 5.32 Å². The summed E-state index contributed by atoms with van der Waals surface area (Å²) >= 11 is 2.06. The number of aromatic nitrogens is 2. The Balaban J connectivity index is 2.23. The van der Waals surface area contributed by atoms with Gasteiger partial charge in [-0.05, 0) is 41.1 Å². The summed E-state index contributed by atoms with van der Waals surface area (Å²) in [7, 11) is 1.80. The average Bonchev–Trinajstić information content (AvgIpc) is 2.61. The largest absolute Gasteiger partial charge is 0.322 e. The molecule has 0 bridgehead atoms. The Hall–Kier alpha value is -1.37. The number of halogens is 1. The van der Waals surface area contributed by atoms with E-state index in [-0.39, 0.29) is 5.91 Å². The van der Waals surface area contributed by atoms with Crippen LogP contribution in [-0.4, -0.2) is 15.7 Å². The van der Waals surface area contributed by atoms with Crippen LogP contribution in [-0.2, 0) is 7.05 Å². The Morgan fingerprint density at radius 3 is 2.71 bits per heavy atom. The van der Waals surface area contributed by atoms with Crippen molar-refractivity contribution in [1.82, 2.24) is 9.78 Å². The molecule has 0 unspecified atom stereocenters. The number of aryl methyl sites for hydroxylation is 2. The molecular weight excluding hydrogens is 329 g/mol. The van der Waals surface area contributed by atoms with Crippen molar-refractivity contribution in [2.45, 2.75) is 6.92 Å². The first-order valence-electron chi connectivity index (χ1n) is 5.14. The van der Waals surface area contributed by atoms with Gasteiger partial charge in [-0.2, -0.15) is 5.10 Å². The monoisotopic (exact) mass is 341 g/mol. The van der Waals surface area contributed by atoms with Gasteiger partial charge in [0.05, 0.1) is 5.56 Å². The number of carbonyl (C=O) groups excluding carboxylic acids is 1. The standard InChI is InChI=1S/C12H12IN3O/c1-8-5-3-4-6-10(8)14-12(17)9-7-16(2)15-11(9)13/h3-7H,1-2H3,(H,14,17). The molecule has 0 fully saturated rings. The van der Waals surface area contributed by atoms with Crippen LogP contribution >= 0.6 is 22.6 Å². The molecule has 2 rings (SSSR count). The SMILES string of the molecule is Cc1ccccc1NC(=O)c1cn(C)nc1I. The van der Waals surface area contributed by atoms with Gasteiger partial charge in [-0.1, -0.05) is 18.2 Å². The zero-order chi connectivity index (χ0) is 12.4. The zero-order valence-electron chi connectivity index (χ0n) is 9.57. The Bertz CT molecular complexity index is 563. The van der Waals surface area contributed by atoms with Crippen molar-refractivity contribution in [3.05, 3.63) is 45.3 Å². The number of anilines is 1. The fourth-order valence-corrected chi connectivity index (χ4v) is 2.24. The highest BCUT2D eigenvalue weighted by molar-refractivity contribution is 14.1. The quantitative estimate of drug-likeness (QED) is 0.854. The third-order valence-electron chi connectivity index (χ3n) is 2.42. The first-order valence-corrected chi connectivity index (χ1v) is 6.22. The first kappa shape index (κ1) is 12.1. The average molecular weight is 341 g/mol. The molecule has 0 saturated carbocycles. The van der Waals surface area contributed by atoms with Crippen LogP contribution in [0.1, 0.15) is 15.9 Å². The van der Waals surface area contributed by atoms with Gasteiger partial charge in [0.25, 0.3) is 5.91 Å². The lowest BCUT2D eigenvalue weighted by atomic mass is 10.2. The van der Waals surface area contributed by atoms with Crippen LogP contribution in [0.3, 0.4) is 0 Å². The lowest BCUT2D eigenvalue weighted by Crippen LogP contribution is -2.13. The number of hydrogen-bond donors (Lipinski definition) is 1. The summed E-state index contributed by atoms with van der Waals surface area (Å²) in [5, 5.41) is 7.02. The van der Waals surface area contributed by atoms with E-state index in [0.29, 0.717) is 9.26 Å². The van der Waals surface area contributed by atoms with Crippen molar-refractivity contribution in [2.75, 3.05) is 5.32 Å². The fourth-order valence-electron chi connectivity index (χ4n) is 1.52. The highest BCUT2D eigenvalue weighted by Gasteiger charge is 2.14. The molecule has 1 amide bonds. The molecule has 1 heterocycles. The van der Waals surface area contributed by atoms with Gasteiger partial charge < -0.3 is 5.32 Å². The van der Waals surface area contributed by atoms with E-state index in [1.54, 1.807) is 17.9 Å². The molecule has 88 valence electrons. The number of hydrogen-bond acceptors (Lipinski definition) is 2. The summed E-state index contributed by atoms with van der Waals surface area (Å²) in [6, 6.07) is 7.69. The third kappa shape index (κ3) is 2.66. The Morgan fingerprint density at radius 2 is 2.12 bits per heavy atom. The third-order valence-corrected chi connectivity index (χ3v) is 3.22. The number of para-hydroxylation sites is 1. The van der Waals surface area contributed by atoms with Crippen molar-refractivity contribution >= 4 is 34.2 Å². The summed E-state index contributed by atoms with van der Waals surface area (Å²) in [4.78, 5) is 12.0. The molecular formula is C12H12IN3O. The molecule has 0 aliphatic carbocycles. The van der Waals surface area contributed by atoms with Gasteiger partial charge in [0.1, 0.15) is 3.70 Å². The van der Waals surface area contributed by atoms with Crippen LogP contribution in [0.15, 0.2) is 30.5 Å². The van der Waals surface area contributed by atoms with E-state index in [1.165, 1.54) is 0 Å². The Labute approximate surface area is 113 Å². The molecule has 0 spiro atoms. The Morgan fingerprint density at radius 1 is 1.41 bits per heavy atom. The van der Waals surface area contributed by atoms with Crippen molar-refractivity contribution in [3.8, 4) is 0 Å². The Kier molecular flexibility index (Phi) is 3.46. The molecule has 1 N–H and O–H groups in total. The van der Waals surface area contributed by atoms with Crippen LogP contribution in [0.5, 0.6) is 0 Å². The maximum atomic E-state index is 12.0. The van der Waals surface area contributed by atoms with Crippen molar-refractivity contribution in [2.24, 2.45) is 7.05 Å². The number of nitrogens with one attached hydrogen (secondary N) is 1. The summed E-state index contributed by atoms with van der Waals surface area (Å²) in [6.45, 7) is 1.96. The van der Waals surface area contributed by atoms with E-state index in [2.05, 4.69) is 33.0 Å². The summed E-state index contributed by atoms with van der Waals surface area (Å²) in [5.74, 6) is -0.128. The predicted molar refractivity (Wildman–Crippen MR) is 75.1 cm³/mol. The van der Waals surface area contributed by atoms with Crippen molar-refractivity contribution in [3.63, 3.8) is 0 Å². The smallest absolute Gasteiger partial charge is 0.259 e. The van der Waals surface area contributed by atoms with E-state index < -0.39 is 0 Å². The van der Waals surface area contributed by atoms with Gasteiger partial charge in [-0.25, -0.2) is 0 Å². The van der Waals surface area contributed by atoms with Crippen molar-refractivity contribution in [1.29, 1.82) is 0 Å². The van der Waals surface area contributed by atoms with E-state index >= 15 is 0 Å². The van der Waals surface area contributed by atoms with Crippen LogP contribution in [0.4, 0.5) is 5.69 Å². The zero-order valence-corrected chi connectivity index (χ0v) is 11.7. The molecule has 0 atom stereocenters. The van der Waals surface area contributed by atoms with Crippen LogP contribution in [0, 0.1) is 10.6 Å². The second kappa shape index (κ2) is 4.87.